The van der Waals surface area contributed by atoms with E-state index in [0.29, 0.717) is 0 Å². The molecule has 0 aliphatic carbocycles. The molecule has 0 fully saturated rings. The molecule has 7 heteroatoms. The number of hydrogen-bond donors (Lipinski definition) is 0. The van der Waals surface area contributed by atoms with Crippen LogP contribution in [0.5, 0.6) is 0 Å². The van der Waals surface area contributed by atoms with Crippen LogP contribution in [0.25, 0.3) is 33.8 Å². The van der Waals surface area contributed by atoms with Crippen molar-refractivity contribution < 1.29 is 14.8 Å². The molecule has 0 radical (unpaired) electrons. The van der Waals surface area contributed by atoms with Gasteiger partial charge in [0.1, 0.15) is 0 Å². The normalized spacial score (nSPS) is 10.9. The van der Waals surface area contributed by atoms with Crippen molar-refractivity contribution >= 4 is 0 Å². The SMILES string of the molecule is C.c1ccc(-c2cc[n]([Cr]([n]3ccc(-c4ccccc4)n3)[n]3ccc(-c4ccccc4)n3)n2)cc1. The van der Waals surface area contributed by atoms with Crippen LogP contribution >= 0.6 is 0 Å². The van der Waals surface area contributed by atoms with E-state index in [1.54, 1.807) is 0 Å². The fourth-order valence-electron chi connectivity index (χ4n) is 3.74. The van der Waals surface area contributed by atoms with Crippen molar-refractivity contribution in [3.63, 3.8) is 0 Å². The Hall–Kier alpha value is -4.18. The molecule has 0 saturated heterocycles. The fraction of sp³-hybridized carbons (Fsp3) is 0.0357. The Bertz CT molecular complexity index is 1320. The zero-order valence-electron chi connectivity index (χ0n) is 18.2. The second kappa shape index (κ2) is 9.98. The van der Waals surface area contributed by atoms with Crippen molar-refractivity contribution in [2.45, 2.75) is 7.43 Å². The minimum absolute atomic E-state index is 0. The summed E-state index contributed by atoms with van der Waals surface area (Å²) in [5.41, 5.74) is 6.05. The summed E-state index contributed by atoms with van der Waals surface area (Å²) in [6, 6.07) is 36.8. The summed E-state index contributed by atoms with van der Waals surface area (Å²) in [7, 11) is 0. The monoisotopic (exact) mass is 497 g/mol. The third-order valence-corrected chi connectivity index (χ3v) is 7.93. The van der Waals surface area contributed by atoms with E-state index >= 15 is 0 Å². The first kappa shape index (κ1) is 22.6. The summed E-state index contributed by atoms with van der Waals surface area (Å²) in [6.45, 7) is 0. The van der Waals surface area contributed by atoms with Gasteiger partial charge in [0.15, 0.2) is 0 Å². The molecule has 0 aliphatic heterocycles. The molecule has 6 nitrogen and oxygen atoms in total. The van der Waals surface area contributed by atoms with Crippen LogP contribution in [0.4, 0.5) is 0 Å². The molecule has 6 aromatic rings. The van der Waals surface area contributed by atoms with Crippen molar-refractivity contribution in [2.24, 2.45) is 0 Å². The van der Waals surface area contributed by atoms with Gasteiger partial charge in [0.25, 0.3) is 0 Å². The summed E-state index contributed by atoms with van der Waals surface area (Å²) in [6.07, 6.45) is 6.09. The van der Waals surface area contributed by atoms with Crippen LogP contribution in [-0.4, -0.2) is 26.3 Å². The molecule has 6 rings (SSSR count). The van der Waals surface area contributed by atoms with Gasteiger partial charge in [-0.25, -0.2) is 0 Å². The van der Waals surface area contributed by atoms with E-state index in [1.165, 1.54) is 0 Å². The zero-order chi connectivity index (χ0) is 22.7. The Morgan fingerprint density at radius 2 is 0.686 bits per heavy atom. The fourth-order valence-corrected chi connectivity index (χ4v) is 6.09. The van der Waals surface area contributed by atoms with Gasteiger partial charge in [-0.1, -0.05) is 7.43 Å². The predicted octanol–water partition coefficient (Wildman–Crippen LogP) is 6.22. The molecule has 173 valence electrons. The Balaban J connectivity index is 0.00000253. The van der Waals surface area contributed by atoms with Crippen LogP contribution in [0.3, 0.4) is 0 Å². The molecule has 0 atom stereocenters. The predicted molar refractivity (Wildman–Crippen MR) is 136 cm³/mol. The summed E-state index contributed by atoms with van der Waals surface area (Å²) in [5.74, 6) is 0. The van der Waals surface area contributed by atoms with Gasteiger partial charge in [-0.3, -0.25) is 0 Å². The molecule has 0 bridgehead atoms. The maximum absolute atomic E-state index is 4.95. The maximum atomic E-state index is 4.95. The van der Waals surface area contributed by atoms with E-state index in [9.17, 15) is 0 Å². The molecule has 0 unspecified atom stereocenters. The van der Waals surface area contributed by atoms with Crippen LogP contribution in [0.1, 0.15) is 7.43 Å². The number of benzene rings is 3. The van der Waals surface area contributed by atoms with Gasteiger partial charge in [-0.15, -0.1) is 0 Å². The van der Waals surface area contributed by atoms with Crippen LogP contribution < -0.4 is 0 Å². The molecular weight excluding hydrogens is 472 g/mol. The minimum atomic E-state index is -2.02. The van der Waals surface area contributed by atoms with Gasteiger partial charge >= 0.3 is 203 Å². The zero-order valence-corrected chi connectivity index (χ0v) is 19.5. The first-order valence-electron chi connectivity index (χ1n) is 10.9. The Kier molecular flexibility index (Phi) is 6.45. The van der Waals surface area contributed by atoms with Gasteiger partial charge in [0.05, 0.1) is 0 Å². The van der Waals surface area contributed by atoms with E-state index in [2.05, 4.69) is 54.6 Å². The van der Waals surface area contributed by atoms with E-state index in [-0.39, 0.29) is 7.43 Å². The molecule has 3 aromatic carbocycles. The molecule has 0 saturated carbocycles. The molecular formula is C28H25CrN6. The second-order valence-electron chi connectivity index (χ2n) is 7.65. The van der Waals surface area contributed by atoms with Crippen molar-refractivity contribution in [2.75, 3.05) is 0 Å². The molecule has 3 heterocycles. The number of aromatic nitrogens is 6. The molecule has 35 heavy (non-hydrogen) atoms. The second-order valence-corrected chi connectivity index (χ2v) is 10.2. The average molecular weight is 498 g/mol. The van der Waals surface area contributed by atoms with Gasteiger partial charge < -0.3 is 0 Å². The van der Waals surface area contributed by atoms with Crippen molar-refractivity contribution in [3.05, 3.63) is 128 Å². The third-order valence-electron chi connectivity index (χ3n) is 5.41. The van der Waals surface area contributed by atoms with E-state index in [0.717, 1.165) is 33.8 Å². The van der Waals surface area contributed by atoms with Crippen LogP contribution in [-0.2, 0) is 14.8 Å². The third kappa shape index (κ3) is 4.60. The summed E-state index contributed by atoms with van der Waals surface area (Å²) in [4.78, 5) is 0. The van der Waals surface area contributed by atoms with Gasteiger partial charge in [0.2, 0.25) is 0 Å². The Labute approximate surface area is 209 Å². The molecule has 0 spiro atoms. The van der Waals surface area contributed by atoms with Crippen LogP contribution in [0.2, 0.25) is 0 Å². The van der Waals surface area contributed by atoms with Crippen molar-refractivity contribution in [1.82, 2.24) is 26.3 Å². The molecule has 3 aromatic heterocycles. The van der Waals surface area contributed by atoms with Crippen molar-refractivity contribution in [3.8, 4) is 33.8 Å². The summed E-state index contributed by atoms with van der Waals surface area (Å²) in [5, 5.41) is 14.8. The van der Waals surface area contributed by atoms with Gasteiger partial charge in [0, 0.05) is 0 Å². The standard InChI is InChI=1S/3C9H7N2.CH4.Cr/c3*1-2-4-8(5-3-1)9-6-7-10-11-9;;/h3*1-7H;1H4;/q3*-1;;+3. The molecule has 0 N–H and O–H groups in total. The van der Waals surface area contributed by atoms with Crippen LogP contribution in [0, 0.1) is 0 Å². The van der Waals surface area contributed by atoms with Gasteiger partial charge in [-0.2, -0.15) is 0 Å². The first-order chi connectivity index (χ1) is 16.8. The van der Waals surface area contributed by atoms with Gasteiger partial charge in [-0.05, 0) is 0 Å². The Morgan fingerprint density at radius 3 is 0.971 bits per heavy atom. The summed E-state index contributed by atoms with van der Waals surface area (Å²) >= 11 is -2.02. The Morgan fingerprint density at radius 1 is 0.400 bits per heavy atom. The van der Waals surface area contributed by atoms with E-state index in [4.69, 9.17) is 15.3 Å². The topological polar surface area (TPSA) is 53.5 Å². The quantitative estimate of drug-likeness (QED) is 0.275. The first-order valence-corrected chi connectivity index (χ1v) is 12.7. The average Bonchev–Trinajstić information content (AvgIpc) is 3.68. The number of rotatable bonds is 6. The van der Waals surface area contributed by atoms with Crippen molar-refractivity contribution in [1.29, 1.82) is 0 Å². The molecule has 0 amide bonds. The van der Waals surface area contributed by atoms with Crippen LogP contribution in [0.15, 0.2) is 128 Å². The number of hydrogen-bond acceptors (Lipinski definition) is 3. The molecule has 0 aliphatic rings. The number of nitrogens with zero attached hydrogens (tertiary/aromatic N) is 6. The van der Waals surface area contributed by atoms with E-state index < -0.39 is 14.8 Å². The van der Waals surface area contributed by atoms with E-state index in [1.807, 2.05) is 84.2 Å². The summed E-state index contributed by atoms with van der Waals surface area (Å²) < 4.78 is 6.06.